The van der Waals surface area contributed by atoms with E-state index in [1.54, 1.807) is 0 Å². The highest BCUT2D eigenvalue weighted by atomic mass is 16.5. The summed E-state index contributed by atoms with van der Waals surface area (Å²) in [6.07, 6.45) is 2.26. The maximum atomic E-state index is 10.1. The zero-order chi connectivity index (χ0) is 10.9. The maximum Gasteiger partial charge on any atom is 0.120 e. The Morgan fingerprint density at radius 3 is 2.67 bits per heavy atom. The predicted molar refractivity (Wildman–Crippen MR) is 61.4 cm³/mol. The Morgan fingerprint density at radius 1 is 1.33 bits per heavy atom. The largest absolute Gasteiger partial charge is 0.494 e. The molecule has 15 heavy (non-hydrogen) atoms. The summed E-state index contributed by atoms with van der Waals surface area (Å²) in [6, 6.07) is 7.83. The van der Waals surface area contributed by atoms with E-state index in [1.165, 1.54) is 0 Å². The number of ether oxygens (including phenoxy) is 1. The minimum Gasteiger partial charge on any atom is -0.494 e. The molecule has 0 aliphatic carbocycles. The molecule has 0 atom stereocenters. The van der Waals surface area contributed by atoms with Gasteiger partial charge in [-0.2, -0.15) is 0 Å². The minimum atomic E-state index is 0.565. The van der Waals surface area contributed by atoms with E-state index >= 15 is 0 Å². The molecule has 0 spiro atoms. The van der Waals surface area contributed by atoms with Crippen LogP contribution < -0.4 is 10.1 Å². The number of carbonyl (C=O) groups is 1. The lowest BCUT2D eigenvalue weighted by atomic mass is 10.3. The van der Waals surface area contributed by atoms with E-state index < -0.39 is 0 Å². The van der Waals surface area contributed by atoms with Crippen LogP contribution in [0.1, 0.15) is 19.8 Å². The third kappa shape index (κ3) is 4.49. The summed E-state index contributed by atoms with van der Waals surface area (Å²) in [5, 5.41) is 3.21. The molecule has 0 heterocycles. The second-order valence-corrected chi connectivity index (χ2v) is 3.21. The Labute approximate surface area is 90.4 Å². The number of hydrogen-bond donors (Lipinski definition) is 1. The van der Waals surface area contributed by atoms with Gasteiger partial charge in [-0.05, 0) is 37.6 Å². The Balaban J connectivity index is 2.32. The summed E-state index contributed by atoms with van der Waals surface area (Å²) in [6.45, 7) is 3.57. The van der Waals surface area contributed by atoms with Crippen molar-refractivity contribution in [1.82, 2.24) is 0 Å². The number of aldehydes is 1. The summed E-state index contributed by atoms with van der Waals surface area (Å²) in [5.74, 6) is 0.850. The number of nitrogens with one attached hydrogen (secondary N) is 1. The molecule has 0 amide bonds. The first kappa shape index (κ1) is 11.6. The average molecular weight is 207 g/mol. The van der Waals surface area contributed by atoms with Crippen LogP contribution in [0.4, 0.5) is 5.69 Å². The van der Waals surface area contributed by atoms with Crippen molar-refractivity contribution in [2.45, 2.75) is 19.8 Å². The Hall–Kier alpha value is -1.51. The molecule has 1 aromatic rings. The fourth-order valence-corrected chi connectivity index (χ4v) is 1.23. The van der Waals surface area contributed by atoms with E-state index in [-0.39, 0.29) is 0 Å². The van der Waals surface area contributed by atoms with Crippen LogP contribution in [0.25, 0.3) is 0 Å². The van der Waals surface area contributed by atoms with Crippen molar-refractivity contribution in [1.29, 1.82) is 0 Å². The molecule has 3 heteroatoms. The Morgan fingerprint density at radius 2 is 2.07 bits per heavy atom. The van der Waals surface area contributed by atoms with E-state index in [4.69, 9.17) is 4.74 Å². The van der Waals surface area contributed by atoms with E-state index in [9.17, 15) is 4.79 Å². The van der Waals surface area contributed by atoms with Crippen LogP contribution in [0.15, 0.2) is 24.3 Å². The molecule has 1 rings (SSSR count). The minimum absolute atomic E-state index is 0.565. The lowest BCUT2D eigenvalue weighted by Gasteiger charge is -2.06. The second kappa shape index (κ2) is 6.87. The SMILES string of the molecule is CCNc1ccc(OCCCC=O)cc1. The van der Waals surface area contributed by atoms with Gasteiger partial charge in [0.25, 0.3) is 0 Å². The zero-order valence-corrected chi connectivity index (χ0v) is 9.03. The summed E-state index contributed by atoms with van der Waals surface area (Å²) in [5.41, 5.74) is 1.10. The summed E-state index contributed by atoms with van der Waals surface area (Å²) >= 11 is 0. The van der Waals surface area contributed by atoms with Crippen molar-refractivity contribution in [3.8, 4) is 5.75 Å². The third-order valence-corrected chi connectivity index (χ3v) is 1.97. The predicted octanol–water partition coefficient (Wildman–Crippen LogP) is 2.48. The molecule has 1 aromatic carbocycles. The molecule has 0 unspecified atom stereocenters. The molecule has 1 N–H and O–H groups in total. The van der Waals surface area contributed by atoms with Crippen LogP contribution in [0.3, 0.4) is 0 Å². The van der Waals surface area contributed by atoms with Crippen molar-refractivity contribution in [3.05, 3.63) is 24.3 Å². The van der Waals surface area contributed by atoms with Crippen molar-refractivity contribution < 1.29 is 9.53 Å². The van der Waals surface area contributed by atoms with E-state index in [0.29, 0.717) is 13.0 Å². The highest BCUT2D eigenvalue weighted by Crippen LogP contribution is 2.15. The van der Waals surface area contributed by atoms with Gasteiger partial charge in [-0.3, -0.25) is 0 Å². The van der Waals surface area contributed by atoms with Gasteiger partial charge in [0.15, 0.2) is 0 Å². The first-order valence-electron chi connectivity index (χ1n) is 5.27. The molecule has 0 radical (unpaired) electrons. The molecule has 0 aliphatic rings. The van der Waals surface area contributed by atoms with Crippen molar-refractivity contribution in [2.75, 3.05) is 18.5 Å². The monoisotopic (exact) mass is 207 g/mol. The normalized spacial score (nSPS) is 9.67. The summed E-state index contributed by atoms with van der Waals surface area (Å²) in [7, 11) is 0. The fourth-order valence-electron chi connectivity index (χ4n) is 1.23. The number of carbonyl (C=O) groups excluding carboxylic acids is 1. The lowest BCUT2D eigenvalue weighted by Crippen LogP contribution is -1.99. The summed E-state index contributed by atoms with van der Waals surface area (Å²) < 4.78 is 5.45. The van der Waals surface area contributed by atoms with Gasteiger partial charge in [0.1, 0.15) is 12.0 Å². The summed E-state index contributed by atoms with van der Waals surface area (Å²) in [4.78, 5) is 10.1. The number of unbranched alkanes of at least 4 members (excludes halogenated alkanes) is 1. The van der Waals surface area contributed by atoms with Crippen LogP contribution in [0.5, 0.6) is 5.75 Å². The maximum absolute atomic E-state index is 10.1. The van der Waals surface area contributed by atoms with Crippen molar-refractivity contribution in [2.24, 2.45) is 0 Å². The molecule has 0 saturated carbocycles. The molecular weight excluding hydrogens is 190 g/mol. The fraction of sp³-hybridized carbons (Fsp3) is 0.417. The number of rotatable bonds is 7. The molecule has 0 aromatic heterocycles. The molecule has 82 valence electrons. The molecule has 3 nitrogen and oxygen atoms in total. The first-order valence-corrected chi connectivity index (χ1v) is 5.27. The van der Waals surface area contributed by atoms with E-state index in [1.807, 2.05) is 24.3 Å². The molecular formula is C12H17NO2. The van der Waals surface area contributed by atoms with Crippen LogP contribution in [0, 0.1) is 0 Å². The molecule has 0 saturated heterocycles. The topological polar surface area (TPSA) is 38.3 Å². The van der Waals surface area contributed by atoms with Crippen LogP contribution in [-0.2, 0) is 4.79 Å². The van der Waals surface area contributed by atoms with Crippen LogP contribution >= 0.6 is 0 Å². The first-order chi connectivity index (χ1) is 7.36. The van der Waals surface area contributed by atoms with Gasteiger partial charge in [-0.25, -0.2) is 0 Å². The van der Waals surface area contributed by atoms with E-state index in [2.05, 4.69) is 12.2 Å². The molecule has 0 bridgehead atoms. The smallest absolute Gasteiger partial charge is 0.120 e. The van der Waals surface area contributed by atoms with Gasteiger partial charge in [0.05, 0.1) is 6.61 Å². The van der Waals surface area contributed by atoms with Gasteiger partial charge < -0.3 is 14.8 Å². The quantitative estimate of drug-likeness (QED) is 0.551. The number of hydrogen-bond acceptors (Lipinski definition) is 3. The molecule has 0 fully saturated rings. The van der Waals surface area contributed by atoms with Crippen molar-refractivity contribution in [3.63, 3.8) is 0 Å². The third-order valence-electron chi connectivity index (χ3n) is 1.97. The standard InChI is InChI=1S/C12H17NO2/c1-2-13-11-5-7-12(8-6-11)15-10-4-3-9-14/h5-9,13H,2-4,10H2,1H3. The van der Waals surface area contributed by atoms with Gasteiger partial charge in [0, 0.05) is 18.7 Å². The Kier molecular flexibility index (Phi) is 5.30. The van der Waals surface area contributed by atoms with Gasteiger partial charge in [0.2, 0.25) is 0 Å². The highest BCUT2D eigenvalue weighted by Gasteiger charge is 1.94. The number of benzene rings is 1. The van der Waals surface area contributed by atoms with Gasteiger partial charge in [-0.15, -0.1) is 0 Å². The number of anilines is 1. The van der Waals surface area contributed by atoms with Gasteiger partial charge in [-0.1, -0.05) is 0 Å². The van der Waals surface area contributed by atoms with Crippen LogP contribution in [0.2, 0.25) is 0 Å². The van der Waals surface area contributed by atoms with Crippen LogP contribution in [-0.4, -0.2) is 19.4 Å². The lowest BCUT2D eigenvalue weighted by molar-refractivity contribution is -0.108. The van der Waals surface area contributed by atoms with Crippen molar-refractivity contribution >= 4 is 12.0 Å². The highest BCUT2D eigenvalue weighted by molar-refractivity contribution is 5.49. The van der Waals surface area contributed by atoms with Gasteiger partial charge >= 0.3 is 0 Å². The molecule has 0 aliphatic heterocycles. The Bertz CT molecular complexity index is 282. The van der Waals surface area contributed by atoms with E-state index in [0.717, 1.165) is 30.7 Å². The zero-order valence-electron chi connectivity index (χ0n) is 9.03. The second-order valence-electron chi connectivity index (χ2n) is 3.21. The average Bonchev–Trinajstić information content (AvgIpc) is 2.27.